The summed E-state index contributed by atoms with van der Waals surface area (Å²) >= 11 is 7.52. The van der Waals surface area contributed by atoms with Crippen LogP contribution in [-0.2, 0) is 0 Å². The highest BCUT2D eigenvalue weighted by Gasteiger charge is 2.29. The third kappa shape index (κ3) is 1.33. The predicted molar refractivity (Wildman–Crippen MR) is 54.5 cm³/mol. The fraction of sp³-hybridized carbons (Fsp3) is 0.375. The summed E-state index contributed by atoms with van der Waals surface area (Å²) in [5, 5.41) is 13.8. The first-order valence-electron chi connectivity index (χ1n) is 4.38. The Morgan fingerprint density at radius 1 is 1.50 bits per heavy atom. The molecule has 1 fully saturated rings. The van der Waals surface area contributed by atoms with E-state index < -0.39 is 0 Å². The van der Waals surface area contributed by atoms with Crippen molar-refractivity contribution in [1.29, 1.82) is 0 Å². The third-order valence-electron chi connectivity index (χ3n) is 2.31. The van der Waals surface area contributed by atoms with Crippen molar-refractivity contribution < 1.29 is 0 Å². The molecule has 3 rings (SSSR count). The maximum Gasteiger partial charge on any atom is 0.189 e. The van der Waals surface area contributed by atoms with Gasteiger partial charge in [0.15, 0.2) is 5.82 Å². The lowest BCUT2D eigenvalue weighted by Gasteiger charge is -1.94. The topological polar surface area (TPSA) is 54.5 Å². The van der Waals surface area contributed by atoms with Gasteiger partial charge in [-0.3, -0.25) is 0 Å². The van der Waals surface area contributed by atoms with Gasteiger partial charge in [-0.15, -0.1) is 16.4 Å². The van der Waals surface area contributed by atoms with E-state index in [-0.39, 0.29) is 0 Å². The SMILES string of the molecule is Clc1cc(C2CC2)c(-c2nnn[nH]2)s1. The molecule has 0 saturated heterocycles. The average molecular weight is 227 g/mol. The number of nitrogens with zero attached hydrogens (tertiary/aromatic N) is 3. The Morgan fingerprint density at radius 3 is 3.00 bits per heavy atom. The molecule has 0 atom stereocenters. The van der Waals surface area contributed by atoms with Crippen LogP contribution in [0.4, 0.5) is 0 Å². The van der Waals surface area contributed by atoms with Gasteiger partial charge in [0.1, 0.15) is 0 Å². The van der Waals surface area contributed by atoms with Crippen molar-refractivity contribution >= 4 is 22.9 Å². The molecule has 2 heterocycles. The molecule has 2 aromatic rings. The van der Waals surface area contributed by atoms with Gasteiger partial charge in [-0.25, -0.2) is 5.10 Å². The van der Waals surface area contributed by atoms with Crippen LogP contribution in [0.25, 0.3) is 10.7 Å². The Bertz CT molecular complexity index is 446. The van der Waals surface area contributed by atoms with Gasteiger partial charge in [-0.2, -0.15) is 0 Å². The molecule has 0 aliphatic heterocycles. The third-order valence-corrected chi connectivity index (χ3v) is 3.59. The molecule has 14 heavy (non-hydrogen) atoms. The molecule has 0 spiro atoms. The first-order valence-corrected chi connectivity index (χ1v) is 5.57. The van der Waals surface area contributed by atoms with Crippen LogP contribution >= 0.6 is 22.9 Å². The molecule has 1 N–H and O–H groups in total. The number of halogens is 1. The lowest BCUT2D eigenvalue weighted by Crippen LogP contribution is -1.82. The van der Waals surface area contributed by atoms with Gasteiger partial charge in [0, 0.05) is 0 Å². The predicted octanol–water partition coefficient (Wildman–Crippen LogP) is 2.46. The molecule has 2 aromatic heterocycles. The highest BCUT2D eigenvalue weighted by atomic mass is 35.5. The zero-order valence-electron chi connectivity index (χ0n) is 7.20. The molecule has 6 heteroatoms. The number of H-pyrrole nitrogens is 1. The van der Waals surface area contributed by atoms with Crippen LogP contribution in [0.5, 0.6) is 0 Å². The fourth-order valence-corrected chi connectivity index (χ4v) is 2.77. The van der Waals surface area contributed by atoms with Crippen molar-refractivity contribution in [2.45, 2.75) is 18.8 Å². The molecular weight excluding hydrogens is 220 g/mol. The number of nitrogens with one attached hydrogen (secondary N) is 1. The quantitative estimate of drug-likeness (QED) is 0.856. The van der Waals surface area contributed by atoms with Gasteiger partial charge >= 0.3 is 0 Å². The van der Waals surface area contributed by atoms with Crippen LogP contribution in [0.3, 0.4) is 0 Å². The van der Waals surface area contributed by atoms with Crippen LogP contribution in [0.1, 0.15) is 24.3 Å². The molecule has 0 radical (unpaired) electrons. The van der Waals surface area contributed by atoms with E-state index in [0.29, 0.717) is 5.92 Å². The van der Waals surface area contributed by atoms with Crippen molar-refractivity contribution in [3.63, 3.8) is 0 Å². The summed E-state index contributed by atoms with van der Waals surface area (Å²) < 4.78 is 0.804. The minimum Gasteiger partial charge on any atom is -0.238 e. The maximum atomic E-state index is 5.99. The summed E-state index contributed by atoms with van der Waals surface area (Å²) in [5.41, 5.74) is 1.29. The van der Waals surface area contributed by atoms with Gasteiger partial charge < -0.3 is 0 Å². The van der Waals surface area contributed by atoms with Gasteiger partial charge in [0.05, 0.1) is 9.21 Å². The van der Waals surface area contributed by atoms with Crippen LogP contribution in [-0.4, -0.2) is 20.6 Å². The van der Waals surface area contributed by atoms with E-state index in [4.69, 9.17) is 11.6 Å². The molecule has 1 saturated carbocycles. The zero-order chi connectivity index (χ0) is 9.54. The Morgan fingerprint density at radius 2 is 2.36 bits per heavy atom. The molecular formula is C8H7ClN4S. The Balaban J connectivity index is 2.11. The first-order chi connectivity index (χ1) is 6.84. The molecule has 4 nitrogen and oxygen atoms in total. The van der Waals surface area contributed by atoms with E-state index in [1.807, 2.05) is 6.07 Å². The van der Waals surface area contributed by atoms with E-state index in [1.165, 1.54) is 29.7 Å². The monoisotopic (exact) mass is 226 g/mol. The smallest absolute Gasteiger partial charge is 0.189 e. The molecule has 0 unspecified atom stereocenters. The second-order valence-corrected chi connectivity index (χ2v) is 5.04. The second kappa shape index (κ2) is 3.03. The summed E-state index contributed by atoms with van der Waals surface area (Å²) in [7, 11) is 0. The number of hydrogen-bond acceptors (Lipinski definition) is 4. The van der Waals surface area contributed by atoms with Gasteiger partial charge in [-0.1, -0.05) is 11.6 Å². The van der Waals surface area contributed by atoms with Crippen LogP contribution < -0.4 is 0 Å². The van der Waals surface area contributed by atoms with Gasteiger partial charge in [-0.05, 0) is 40.8 Å². The molecule has 1 aliphatic carbocycles. The van der Waals surface area contributed by atoms with Crippen molar-refractivity contribution in [2.75, 3.05) is 0 Å². The molecule has 0 amide bonds. The highest BCUT2D eigenvalue weighted by molar-refractivity contribution is 7.19. The normalized spacial score (nSPS) is 16.1. The Kier molecular flexibility index (Phi) is 1.81. The summed E-state index contributed by atoms with van der Waals surface area (Å²) in [6, 6.07) is 2.03. The fourth-order valence-electron chi connectivity index (χ4n) is 1.51. The summed E-state index contributed by atoms with van der Waals surface area (Å²) in [6.45, 7) is 0. The van der Waals surface area contributed by atoms with E-state index in [1.54, 1.807) is 0 Å². The number of aromatic nitrogens is 4. The van der Waals surface area contributed by atoms with Crippen molar-refractivity contribution in [1.82, 2.24) is 20.6 Å². The van der Waals surface area contributed by atoms with Crippen LogP contribution in [0, 0.1) is 0 Å². The second-order valence-electron chi connectivity index (χ2n) is 3.36. The molecule has 0 aromatic carbocycles. The van der Waals surface area contributed by atoms with Crippen molar-refractivity contribution in [3.05, 3.63) is 16.0 Å². The Hall–Kier alpha value is -0.940. The molecule has 1 aliphatic rings. The van der Waals surface area contributed by atoms with E-state index >= 15 is 0 Å². The Labute approximate surface area is 89.3 Å². The van der Waals surface area contributed by atoms with Crippen molar-refractivity contribution in [2.24, 2.45) is 0 Å². The number of thiophene rings is 1. The van der Waals surface area contributed by atoms with E-state index in [0.717, 1.165) is 15.0 Å². The lowest BCUT2D eigenvalue weighted by molar-refractivity contribution is 0.881. The first kappa shape index (κ1) is 8.38. The summed E-state index contributed by atoms with van der Waals surface area (Å²) in [4.78, 5) is 1.09. The minimum absolute atomic E-state index is 0.666. The van der Waals surface area contributed by atoms with Crippen molar-refractivity contribution in [3.8, 4) is 10.7 Å². The number of rotatable bonds is 2. The largest absolute Gasteiger partial charge is 0.238 e. The van der Waals surface area contributed by atoms with Crippen LogP contribution in [0.15, 0.2) is 6.07 Å². The zero-order valence-corrected chi connectivity index (χ0v) is 8.77. The molecule has 0 bridgehead atoms. The number of aromatic amines is 1. The highest BCUT2D eigenvalue weighted by Crippen LogP contribution is 2.47. The van der Waals surface area contributed by atoms with E-state index in [2.05, 4.69) is 20.6 Å². The number of tetrazole rings is 1. The van der Waals surface area contributed by atoms with E-state index in [9.17, 15) is 0 Å². The summed E-state index contributed by atoms with van der Waals surface area (Å²) in [5.74, 6) is 1.39. The standard InChI is InChI=1S/C8H7ClN4S/c9-6-3-5(4-1-2-4)7(14-6)8-10-12-13-11-8/h3-4H,1-2H2,(H,10,11,12,13). The maximum absolute atomic E-state index is 5.99. The van der Waals surface area contributed by atoms with Crippen LogP contribution in [0.2, 0.25) is 4.34 Å². The number of hydrogen-bond donors (Lipinski definition) is 1. The van der Waals surface area contributed by atoms with Gasteiger partial charge in [0.2, 0.25) is 0 Å². The lowest BCUT2D eigenvalue weighted by atomic mass is 10.1. The minimum atomic E-state index is 0.666. The molecule has 72 valence electrons. The average Bonchev–Trinajstić information content (AvgIpc) is 2.74. The summed E-state index contributed by atoms with van der Waals surface area (Å²) in [6.07, 6.45) is 2.50. The van der Waals surface area contributed by atoms with Gasteiger partial charge in [0.25, 0.3) is 0 Å².